The normalized spacial score (nSPS) is 15.8. The number of carbonyl (C=O) groups excluding carboxylic acids is 2. The minimum absolute atomic E-state index is 0.239. The number of halogens is 2. The van der Waals surface area contributed by atoms with Crippen molar-refractivity contribution in [3.63, 3.8) is 0 Å². The first-order valence-electron chi connectivity index (χ1n) is 10.2. The summed E-state index contributed by atoms with van der Waals surface area (Å²) in [6, 6.07) is 14.4. The van der Waals surface area contributed by atoms with Gasteiger partial charge in [-0.1, -0.05) is 23.7 Å². The van der Waals surface area contributed by atoms with Crippen molar-refractivity contribution in [3.05, 3.63) is 59.1 Å². The Balaban J connectivity index is 1.45. The number of piperazine rings is 1. The minimum atomic E-state index is -1.84. The Morgan fingerprint density at radius 1 is 1.03 bits per heavy atom. The molecule has 0 aliphatic carbocycles. The molecule has 1 aliphatic rings. The minimum Gasteiger partial charge on any atom is -0.386 e. The maximum absolute atomic E-state index is 12.6. The third-order valence-electron chi connectivity index (χ3n) is 5.30. The SMILES string of the molecule is O=C(NCCc1cccc(Cl)c1)[C@H](O)[C@@H](O)C(=O)N1CCN(c2ccc(OCl)cc2)CC1. The lowest BCUT2D eigenvalue weighted by Gasteiger charge is -2.37. The molecule has 0 radical (unpaired) electrons. The molecule has 2 aromatic rings. The van der Waals surface area contributed by atoms with Crippen LogP contribution in [0.25, 0.3) is 0 Å². The molecule has 3 N–H and O–H groups in total. The molecule has 8 nitrogen and oxygen atoms in total. The van der Waals surface area contributed by atoms with Gasteiger partial charge in [-0.05, 0) is 48.4 Å². The van der Waals surface area contributed by atoms with Crippen LogP contribution in [0.15, 0.2) is 48.5 Å². The number of aliphatic hydroxyl groups excluding tert-OH is 2. The Morgan fingerprint density at radius 3 is 2.34 bits per heavy atom. The zero-order chi connectivity index (χ0) is 23.1. The van der Waals surface area contributed by atoms with E-state index in [1.165, 1.54) is 4.90 Å². The van der Waals surface area contributed by atoms with E-state index in [0.717, 1.165) is 11.3 Å². The van der Waals surface area contributed by atoms with E-state index >= 15 is 0 Å². The molecule has 0 saturated carbocycles. The summed E-state index contributed by atoms with van der Waals surface area (Å²) in [7, 11) is 0. The molecule has 2 amide bonds. The summed E-state index contributed by atoms with van der Waals surface area (Å²) >= 11 is 11.3. The van der Waals surface area contributed by atoms with E-state index in [1.54, 1.807) is 30.3 Å². The number of amides is 2. The van der Waals surface area contributed by atoms with Crippen molar-refractivity contribution in [2.45, 2.75) is 18.6 Å². The number of benzene rings is 2. The number of hydrogen-bond acceptors (Lipinski definition) is 6. The predicted molar refractivity (Wildman–Crippen MR) is 122 cm³/mol. The lowest BCUT2D eigenvalue weighted by molar-refractivity contribution is -0.153. The van der Waals surface area contributed by atoms with Crippen LogP contribution in [0.5, 0.6) is 5.75 Å². The van der Waals surface area contributed by atoms with Crippen molar-refractivity contribution in [2.24, 2.45) is 0 Å². The second kappa shape index (κ2) is 11.4. The molecule has 2 aromatic carbocycles. The summed E-state index contributed by atoms with van der Waals surface area (Å²) in [5, 5.41) is 23.5. The van der Waals surface area contributed by atoms with Gasteiger partial charge in [0.15, 0.2) is 12.2 Å². The number of nitrogens with zero attached hydrogens (tertiary/aromatic N) is 2. The average molecular weight is 482 g/mol. The van der Waals surface area contributed by atoms with E-state index in [4.69, 9.17) is 23.5 Å². The van der Waals surface area contributed by atoms with E-state index in [2.05, 4.69) is 14.5 Å². The van der Waals surface area contributed by atoms with Gasteiger partial charge >= 0.3 is 0 Å². The summed E-state index contributed by atoms with van der Waals surface area (Å²) < 4.78 is 4.64. The average Bonchev–Trinajstić information content (AvgIpc) is 2.82. The van der Waals surface area contributed by atoms with Gasteiger partial charge in [-0.15, -0.1) is 0 Å². The highest BCUT2D eigenvalue weighted by molar-refractivity contribution is 6.30. The molecule has 10 heteroatoms. The molecule has 0 aromatic heterocycles. The number of rotatable bonds is 8. The van der Waals surface area contributed by atoms with E-state index in [9.17, 15) is 19.8 Å². The Morgan fingerprint density at radius 2 is 1.72 bits per heavy atom. The molecule has 1 fully saturated rings. The fourth-order valence-corrected chi connectivity index (χ4v) is 3.80. The van der Waals surface area contributed by atoms with Crippen LogP contribution in [0.4, 0.5) is 5.69 Å². The number of carbonyl (C=O) groups is 2. The van der Waals surface area contributed by atoms with Gasteiger partial charge < -0.3 is 29.6 Å². The molecule has 2 atom stereocenters. The molecule has 0 unspecified atom stereocenters. The highest BCUT2D eigenvalue weighted by Gasteiger charge is 2.34. The van der Waals surface area contributed by atoms with Crippen molar-refractivity contribution in [2.75, 3.05) is 37.6 Å². The first-order chi connectivity index (χ1) is 15.4. The Bertz CT molecular complexity index is 920. The van der Waals surface area contributed by atoms with E-state index in [0.29, 0.717) is 43.4 Å². The second-order valence-corrected chi connectivity index (χ2v) is 8.03. The van der Waals surface area contributed by atoms with Crippen LogP contribution in [0.1, 0.15) is 5.56 Å². The zero-order valence-corrected chi connectivity index (χ0v) is 18.8. The molecule has 172 valence electrons. The monoisotopic (exact) mass is 481 g/mol. The molecule has 1 aliphatic heterocycles. The van der Waals surface area contributed by atoms with Gasteiger partial charge in [-0.2, -0.15) is 0 Å². The fraction of sp³-hybridized carbons (Fsp3) is 0.364. The molecule has 0 bridgehead atoms. The van der Waals surface area contributed by atoms with Crippen LogP contribution >= 0.6 is 23.5 Å². The molecule has 3 rings (SSSR count). The van der Waals surface area contributed by atoms with Crippen molar-refractivity contribution in [1.29, 1.82) is 0 Å². The maximum atomic E-state index is 12.6. The summed E-state index contributed by atoms with van der Waals surface area (Å²) in [6.07, 6.45) is -3.17. The van der Waals surface area contributed by atoms with E-state index in [-0.39, 0.29) is 6.54 Å². The molecule has 1 saturated heterocycles. The smallest absolute Gasteiger partial charge is 0.254 e. The van der Waals surface area contributed by atoms with Crippen LogP contribution in [0.2, 0.25) is 5.02 Å². The highest BCUT2D eigenvalue weighted by Crippen LogP contribution is 2.21. The third-order valence-corrected chi connectivity index (χ3v) is 5.72. The molecule has 1 heterocycles. The van der Waals surface area contributed by atoms with Crippen LogP contribution in [-0.4, -0.2) is 71.9 Å². The first kappa shape index (κ1) is 24.1. The van der Waals surface area contributed by atoms with Crippen LogP contribution in [-0.2, 0) is 16.0 Å². The standard InChI is InChI=1S/C22H25Cl2N3O5/c23-16-3-1-2-15(14-16)8-9-25-21(30)19(28)20(29)22(31)27-12-10-26(11-13-27)17-4-6-18(32-24)7-5-17/h1-7,14,19-20,28-29H,8-13H2,(H,25,30)/t19-,20-/m1/s1. The van der Waals surface area contributed by atoms with Gasteiger partial charge in [0.25, 0.3) is 11.8 Å². The number of aliphatic hydroxyl groups is 2. The molecular weight excluding hydrogens is 457 g/mol. The lowest BCUT2D eigenvalue weighted by atomic mass is 10.1. The lowest BCUT2D eigenvalue weighted by Crippen LogP contribution is -2.55. The summed E-state index contributed by atoms with van der Waals surface area (Å²) in [6.45, 7) is 2.03. The van der Waals surface area contributed by atoms with Crippen molar-refractivity contribution in [3.8, 4) is 5.75 Å². The van der Waals surface area contributed by atoms with Crippen molar-refractivity contribution >= 4 is 41.0 Å². The van der Waals surface area contributed by atoms with Crippen LogP contribution in [0, 0.1) is 0 Å². The van der Waals surface area contributed by atoms with Crippen molar-refractivity contribution in [1.82, 2.24) is 10.2 Å². The summed E-state index contributed by atoms with van der Waals surface area (Å²) in [5.74, 6) is -0.937. The van der Waals surface area contributed by atoms with Crippen LogP contribution < -0.4 is 14.5 Å². The maximum Gasteiger partial charge on any atom is 0.254 e. The van der Waals surface area contributed by atoms with Gasteiger partial charge in [0.2, 0.25) is 0 Å². The number of nitrogens with one attached hydrogen (secondary N) is 1. The first-order valence-corrected chi connectivity index (χ1v) is 10.9. The summed E-state index contributed by atoms with van der Waals surface area (Å²) in [4.78, 5) is 28.3. The Kier molecular flexibility index (Phi) is 8.58. The van der Waals surface area contributed by atoms with Gasteiger partial charge in [-0.25, -0.2) is 0 Å². The van der Waals surface area contributed by atoms with Gasteiger partial charge in [0.05, 0.1) is 0 Å². The number of anilines is 1. The Hall–Kier alpha value is -2.52. The van der Waals surface area contributed by atoms with Crippen LogP contribution in [0.3, 0.4) is 0 Å². The Labute approximate surface area is 196 Å². The summed E-state index contributed by atoms with van der Waals surface area (Å²) in [5.41, 5.74) is 1.88. The number of hydrogen-bond donors (Lipinski definition) is 3. The topological polar surface area (TPSA) is 102 Å². The van der Waals surface area contributed by atoms with Crippen molar-refractivity contribution < 1.29 is 24.1 Å². The van der Waals surface area contributed by atoms with E-state index in [1.807, 2.05) is 18.2 Å². The second-order valence-electron chi connectivity index (χ2n) is 7.44. The largest absolute Gasteiger partial charge is 0.386 e. The predicted octanol–water partition coefficient (Wildman–Crippen LogP) is 1.60. The van der Waals surface area contributed by atoms with Gasteiger partial charge in [0, 0.05) is 43.4 Å². The molecule has 32 heavy (non-hydrogen) atoms. The fourth-order valence-electron chi connectivity index (χ4n) is 3.49. The van der Waals surface area contributed by atoms with Gasteiger partial charge in [0.1, 0.15) is 17.6 Å². The quantitative estimate of drug-likeness (QED) is 0.529. The third kappa shape index (κ3) is 6.26. The zero-order valence-electron chi connectivity index (χ0n) is 17.3. The highest BCUT2D eigenvalue weighted by atomic mass is 35.5. The molecular formula is C22H25Cl2N3O5. The molecule has 0 spiro atoms. The van der Waals surface area contributed by atoms with E-state index < -0.39 is 24.0 Å². The van der Waals surface area contributed by atoms with Gasteiger partial charge in [-0.3, -0.25) is 9.59 Å².